The predicted molar refractivity (Wildman–Crippen MR) is 58.7 cm³/mol. The van der Waals surface area contributed by atoms with Crippen molar-refractivity contribution < 1.29 is 5.11 Å². The van der Waals surface area contributed by atoms with Crippen LogP contribution < -0.4 is 5.32 Å². The lowest BCUT2D eigenvalue weighted by Crippen LogP contribution is -2.15. The summed E-state index contributed by atoms with van der Waals surface area (Å²) >= 11 is 2.32. The molecule has 2 N–H and O–H groups in total. The molecule has 3 heteroatoms. The van der Waals surface area contributed by atoms with Gasteiger partial charge in [0, 0.05) is 17.5 Å². The standard InChI is InChI=1S/C9H12INO/c10-4-5-11-7-8-2-1-3-9(12)6-8/h1-3,6,11-12H,4-5,7H2. The first-order valence-electron chi connectivity index (χ1n) is 3.87. The van der Waals surface area contributed by atoms with Gasteiger partial charge >= 0.3 is 0 Å². The molecule has 0 atom stereocenters. The van der Waals surface area contributed by atoms with Gasteiger partial charge in [-0.15, -0.1) is 0 Å². The van der Waals surface area contributed by atoms with Gasteiger partial charge in [0.2, 0.25) is 0 Å². The van der Waals surface area contributed by atoms with Crippen molar-refractivity contribution >= 4 is 22.6 Å². The highest BCUT2D eigenvalue weighted by atomic mass is 127. The fourth-order valence-corrected chi connectivity index (χ4v) is 1.35. The van der Waals surface area contributed by atoms with Gasteiger partial charge in [-0.25, -0.2) is 0 Å². The second-order valence-electron chi connectivity index (χ2n) is 2.54. The van der Waals surface area contributed by atoms with Gasteiger partial charge in [-0.3, -0.25) is 0 Å². The molecule has 0 amide bonds. The van der Waals surface area contributed by atoms with Crippen LogP contribution in [0.2, 0.25) is 0 Å². The number of hydrogen-bond acceptors (Lipinski definition) is 2. The quantitative estimate of drug-likeness (QED) is 0.500. The first kappa shape index (κ1) is 9.80. The average molecular weight is 277 g/mol. The van der Waals surface area contributed by atoms with E-state index in [0.717, 1.165) is 23.1 Å². The Morgan fingerprint density at radius 1 is 1.42 bits per heavy atom. The zero-order chi connectivity index (χ0) is 8.81. The number of halogens is 1. The van der Waals surface area contributed by atoms with Crippen LogP contribution in [-0.2, 0) is 6.54 Å². The molecule has 12 heavy (non-hydrogen) atoms. The van der Waals surface area contributed by atoms with Crippen LogP contribution >= 0.6 is 22.6 Å². The molecule has 0 aliphatic carbocycles. The molecule has 0 spiro atoms. The Bertz CT molecular complexity index is 240. The zero-order valence-electron chi connectivity index (χ0n) is 6.76. The molecular formula is C9H12INO. The fraction of sp³-hybridized carbons (Fsp3) is 0.333. The van der Waals surface area contributed by atoms with Crippen LogP contribution in [0.25, 0.3) is 0 Å². The predicted octanol–water partition coefficient (Wildman–Crippen LogP) is 1.92. The van der Waals surface area contributed by atoms with Crippen LogP contribution in [0.3, 0.4) is 0 Å². The summed E-state index contributed by atoms with van der Waals surface area (Å²) in [5, 5.41) is 12.4. The molecule has 0 saturated carbocycles. The molecule has 1 aromatic carbocycles. The van der Waals surface area contributed by atoms with Crippen molar-refractivity contribution in [2.75, 3.05) is 11.0 Å². The van der Waals surface area contributed by atoms with Crippen LogP contribution in [0, 0.1) is 0 Å². The maximum absolute atomic E-state index is 9.14. The van der Waals surface area contributed by atoms with Crippen LogP contribution in [-0.4, -0.2) is 16.1 Å². The molecule has 0 unspecified atom stereocenters. The molecule has 2 nitrogen and oxygen atoms in total. The Labute approximate surface area is 86.1 Å². The Balaban J connectivity index is 2.41. The first-order chi connectivity index (χ1) is 5.83. The minimum Gasteiger partial charge on any atom is -0.508 e. The lowest BCUT2D eigenvalue weighted by atomic mass is 10.2. The van der Waals surface area contributed by atoms with Crippen LogP contribution in [0.5, 0.6) is 5.75 Å². The van der Waals surface area contributed by atoms with E-state index in [4.69, 9.17) is 5.11 Å². The number of aromatic hydroxyl groups is 1. The van der Waals surface area contributed by atoms with Crippen molar-refractivity contribution in [3.63, 3.8) is 0 Å². The molecule has 0 aliphatic heterocycles. The fourth-order valence-electron chi connectivity index (χ4n) is 0.966. The molecular weight excluding hydrogens is 265 g/mol. The van der Waals surface area contributed by atoms with Gasteiger partial charge in [0.05, 0.1) is 0 Å². The zero-order valence-corrected chi connectivity index (χ0v) is 8.91. The van der Waals surface area contributed by atoms with Gasteiger partial charge in [0.1, 0.15) is 5.75 Å². The van der Waals surface area contributed by atoms with Gasteiger partial charge in [-0.05, 0) is 17.7 Å². The Kier molecular flexibility index (Phi) is 4.39. The van der Waals surface area contributed by atoms with Crippen molar-refractivity contribution in [3.8, 4) is 5.75 Å². The van der Waals surface area contributed by atoms with Gasteiger partial charge in [0.25, 0.3) is 0 Å². The van der Waals surface area contributed by atoms with Crippen LogP contribution in [0.15, 0.2) is 24.3 Å². The first-order valence-corrected chi connectivity index (χ1v) is 5.40. The third-order valence-electron chi connectivity index (χ3n) is 1.51. The third kappa shape index (κ3) is 3.40. The highest BCUT2D eigenvalue weighted by Crippen LogP contribution is 2.10. The summed E-state index contributed by atoms with van der Waals surface area (Å²) in [6.07, 6.45) is 0. The minimum absolute atomic E-state index is 0.337. The summed E-state index contributed by atoms with van der Waals surface area (Å²) in [7, 11) is 0. The number of phenols is 1. The van der Waals surface area contributed by atoms with Gasteiger partial charge < -0.3 is 10.4 Å². The molecule has 0 heterocycles. The number of benzene rings is 1. The van der Waals surface area contributed by atoms with Crippen LogP contribution in [0.1, 0.15) is 5.56 Å². The van der Waals surface area contributed by atoms with Gasteiger partial charge in [-0.1, -0.05) is 34.7 Å². The highest BCUT2D eigenvalue weighted by molar-refractivity contribution is 14.1. The molecule has 0 radical (unpaired) electrons. The SMILES string of the molecule is Oc1cccc(CNCCI)c1. The molecule has 0 bridgehead atoms. The molecule has 0 aliphatic rings. The highest BCUT2D eigenvalue weighted by Gasteiger charge is 1.92. The Morgan fingerprint density at radius 2 is 2.25 bits per heavy atom. The smallest absolute Gasteiger partial charge is 0.115 e. The van der Waals surface area contributed by atoms with Crippen molar-refractivity contribution in [1.82, 2.24) is 5.32 Å². The molecule has 1 rings (SSSR count). The lowest BCUT2D eigenvalue weighted by Gasteiger charge is -2.02. The summed E-state index contributed by atoms with van der Waals surface area (Å²) in [6, 6.07) is 7.32. The lowest BCUT2D eigenvalue weighted by molar-refractivity contribution is 0.474. The maximum atomic E-state index is 9.14. The van der Waals surface area contributed by atoms with E-state index in [1.165, 1.54) is 0 Å². The van der Waals surface area contributed by atoms with E-state index in [1.807, 2.05) is 12.1 Å². The number of nitrogens with one attached hydrogen (secondary N) is 1. The Morgan fingerprint density at radius 3 is 2.92 bits per heavy atom. The molecule has 1 aromatic rings. The topological polar surface area (TPSA) is 32.3 Å². The van der Waals surface area contributed by atoms with E-state index in [9.17, 15) is 0 Å². The summed E-state index contributed by atoms with van der Waals surface area (Å²) < 4.78 is 1.11. The van der Waals surface area contributed by atoms with E-state index < -0.39 is 0 Å². The van der Waals surface area contributed by atoms with Crippen molar-refractivity contribution in [2.24, 2.45) is 0 Å². The number of alkyl halides is 1. The number of hydrogen-bond donors (Lipinski definition) is 2. The Hall–Kier alpha value is -0.290. The summed E-state index contributed by atoms with van der Waals surface area (Å²) in [5.74, 6) is 0.337. The normalized spacial score (nSPS) is 10.1. The van der Waals surface area contributed by atoms with Crippen molar-refractivity contribution in [3.05, 3.63) is 29.8 Å². The second-order valence-corrected chi connectivity index (χ2v) is 3.61. The summed E-state index contributed by atoms with van der Waals surface area (Å²) in [4.78, 5) is 0. The minimum atomic E-state index is 0.337. The summed E-state index contributed by atoms with van der Waals surface area (Å²) in [6.45, 7) is 1.84. The molecule has 0 saturated heterocycles. The van der Waals surface area contributed by atoms with Crippen molar-refractivity contribution in [1.29, 1.82) is 0 Å². The van der Waals surface area contributed by atoms with E-state index in [0.29, 0.717) is 5.75 Å². The average Bonchev–Trinajstić information content (AvgIpc) is 2.05. The largest absolute Gasteiger partial charge is 0.508 e. The van der Waals surface area contributed by atoms with Crippen molar-refractivity contribution in [2.45, 2.75) is 6.54 Å². The van der Waals surface area contributed by atoms with E-state index in [-0.39, 0.29) is 0 Å². The van der Waals surface area contributed by atoms with E-state index >= 15 is 0 Å². The second kappa shape index (κ2) is 5.37. The third-order valence-corrected chi connectivity index (χ3v) is 2.05. The maximum Gasteiger partial charge on any atom is 0.115 e. The van der Waals surface area contributed by atoms with Gasteiger partial charge in [-0.2, -0.15) is 0 Å². The molecule has 0 aromatic heterocycles. The van der Waals surface area contributed by atoms with Crippen LogP contribution in [0.4, 0.5) is 0 Å². The van der Waals surface area contributed by atoms with E-state index in [2.05, 4.69) is 27.9 Å². The number of phenolic OH excluding ortho intramolecular Hbond substituents is 1. The van der Waals surface area contributed by atoms with Gasteiger partial charge in [0.15, 0.2) is 0 Å². The molecule has 66 valence electrons. The van der Waals surface area contributed by atoms with E-state index in [1.54, 1.807) is 12.1 Å². The monoisotopic (exact) mass is 277 g/mol. The summed E-state index contributed by atoms with van der Waals surface area (Å²) in [5.41, 5.74) is 1.12. The number of rotatable bonds is 4. The molecule has 0 fully saturated rings.